The lowest BCUT2D eigenvalue weighted by Crippen LogP contribution is -1.91. The Bertz CT molecular complexity index is 1320. The van der Waals surface area contributed by atoms with Gasteiger partial charge in [0, 0.05) is 28.7 Å². The molecule has 25 heavy (non-hydrogen) atoms. The van der Waals surface area contributed by atoms with Gasteiger partial charge in [0.1, 0.15) is 0 Å². The lowest BCUT2D eigenvalue weighted by atomic mass is 9.93. The van der Waals surface area contributed by atoms with E-state index in [9.17, 15) is 0 Å². The van der Waals surface area contributed by atoms with Crippen LogP contribution in [0, 0.1) is 0 Å². The summed E-state index contributed by atoms with van der Waals surface area (Å²) in [4.78, 5) is 0. The van der Waals surface area contributed by atoms with Crippen molar-refractivity contribution in [1.82, 2.24) is 4.57 Å². The van der Waals surface area contributed by atoms with E-state index < -0.39 is 0 Å². The Morgan fingerprint density at radius 2 is 1.40 bits per heavy atom. The average molecular weight is 319 g/mol. The van der Waals surface area contributed by atoms with Crippen molar-refractivity contribution in [3.05, 3.63) is 83.9 Å². The first-order valence-corrected chi connectivity index (χ1v) is 8.83. The number of para-hydroxylation sites is 1. The molecule has 1 aliphatic carbocycles. The Hall–Kier alpha value is -3.06. The van der Waals surface area contributed by atoms with Crippen LogP contribution in [0.25, 0.3) is 43.7 Å². The maximum absolute atomic E-state index is 2.37. The minimum absolute atomic E-state index is 1.03. The molecule has 0 N–H and O–H groups in total. The number of nitrogens with zero attached hydrogens (tertiary/aromatic N) is 1. The number of aryl methyl sites for hydroxylation is 1. The highest BCUT2D eigenvalue weighted by molar-refractivity contribution is 6.25. The lowest BCUT2D eigenvalue weighted by Gasteiger charge is -2.11. The van der Waals surface area contributed by atoms with Crippen molar-refractivity contribution in [3.8, 4) is 11.1 Å². The molecular weight excluding hydrogens is 302 g/mol. The van der Waals surface area contributed by atoms with Crippen LogP contribution in [-0.2, 0) is 13.5 Å². The SMILES string of the molecule is Cn1c2ccccc2c2c3c(c4ccccc4c21)Cc1ccccc1-3. The minimum Gasteiger partial charge on any atom is -0.343 e. The predicted molar refractivity (Wildman–Crippen MR) is 106 cm³/mol. The molecule has 6 rings (SSSR count). The number of hydrogen-bond acceptors (Lipinski definition) is 0. The summed E-state index contributed by atoms with van der Waals surface area (Å²) in [5.41, 5.74) is 8.45. The summed E-state index contributed by atoms with van der Waals surface area (Å²) in [6, 6.07) is 26.6. The molecule has 0 amide bonds. The summed E-state index contributed by atoms with van der Waals surface area (Å²) >= 11 is 0. The summed E-state index contributed by atoms with van der Waals surface area (Å²) in [7, 11) is 2.20. The van der Waals surface area contributed by atoms with Crippen molar-refractivity contribution in [2.24, 2.45) is 7.05 Å². The van der Waals surface area contributed by atoms with Gasteiger partial charge in [0.25, 0.3) is 0 Å². The first-order chi connectivity index (χ1) is 12.3. The second-order valence-corrected chi connectivity index (χ2v) is 7.03. The van der Waals surface area contributed by atoms with Crippen molar-refractivity contribution in [1.29, 1.82) is 0 Å². The van der Waals surface area contributed by atoms with Crippen LogP contribution in [0.3, 0.4) is 0 Å². The molecule has 1 heterocycles. The van der Waals surface area contributed by atoms with Crippen LogP contribution in [0.4, 0.5) is 0 Å². The number of benzene rings is 4. The van der Waals surface area contributed by atoms with Gasteiger partial charge in [-0.05, 0) is 40.1 Å². The standard InChI is InChI=1S/C24H17N/c1-25-21-13-7-6-12-19(21)23-22-16-9-3-2-8-15(16)14-20(22)17-10-4-5-11-18(17)24(23)25/h2-13H,14H2,1H3. The third-order valence-corrected chi connectivity index (χ3v) is 5.82. The number of fused-ring (bicyclic) bond motifs is 10. The zero-order chi connectivity index (χ0) is 16.5. The van der Waals surface area contributed by atoms with Crippen LogP contribution in [0.5, 0.6) is 0 Å². The molecule has 0 spiro atoms. The number of hydrogen-bond donors (Lipinski definition) is 0. The van der Waals surface area contributed by atoms with Crippen LogP contribution in [0.2, 0.25) is 0 Å². The van der Waals surface area contributed by atoms with E-state index in [0.29, 0.717) is 0 Å². The zero-order valence-electron chi connectivity index (χ0n) is 14.1. The van der Waals surface area contributed by atoms with E-state index >= 15 is 0 Å². The fourth-order valence-corrected chi connectivity index (χ4v) is 4.79. The van der Waals surface area contributed by atoms with Crippen LogP contribution in [0.1, 0.15) is 11.1 Å². The Balaban J connectivity index is 1.99. The van der Waals surface area contributed by atoms with E-state index in [-0.39, 0.29) is 0 Å². The second kappa shape index (κ2) is 4.52. The van der Waals surface area contributed by atoms with E-state index in [2.05, 4.69) is 84.4 Å². The van der Waals surface area contributed by atoms with Crippen LogP contribution in [0.15, 0.2) is 72.8 Å². The average Bonchev–Trinajstić information content (AvgIpc) is 3.19. The zero-order valence-corrected chi connectivity index (χ0v) is 14.1. The summed E-state index contributed by atoms with van der Waals surface area (Å²) < 4.78 is 2.37. The highest BCUT2D eigenvalue weighted by Crippen LogP contribution is 2.48. The normalized spacial score (nSPS) is 12.8. The molecule has 1 aliphatic rings. The first-order valence-electron chi connectivity index (χ1n) is 8.83. The predicted octanol–water partition coefficient (Wildman–Crippen LogP) is 6.06. The quantitative estimate of drug-likeness (QED) is 0.321. The maximum Gasteiger partial charge on any atom is 0.0574 e. The smallest absolute Gasteiger partial charge is 0.0574 e. The van der Waals surface area contributed by atoms with Gasteiger partial charge in [-0.15, -0.1) is 0 Å². The summed E-state index contributed by atoms with van der Waals surface area (Å²) in [6.45, 7) is 0. The Morgan fingerprint density at radius 3 is 2.28 bits per heavy atom. The summed E-state index contributed by atoms with van der Waals surface area (Å²) in [5, 5.41) is 5.53. The van der Waals surface area contributed by atoms with Gasteiger partial charge >= 0.3 is 0 Å². The molecule has 0 saturated heterocycles. The molecule has 1 heteroatoms. The van der Waals surface area contributed by atoms with Gasteiger partial charge in [-0.3, -0.25) is 0 Å². The van der Waals surface area contributed by atoms with Crippen molar-refractivity contribution in [2.45, 2.75) is 6.42 Å². The molecule has 4 aromatic carbocycles. The third kappa shape index (κ3) is 1.54. The monoisotopic (exact) mass is 319 g/mol. The van der Waals surface area contributed by atoms with Crippen LogP contribution < -0.4 is 0 Å². The fraction of sp³-hybridized carbons (Fsp3) is 0.0833. The summed E-state index contributed by atoms with van der Waals surface area (Å²) in [5.74, 6) is 0. The molecule has 0 atom stereocenters. The van der Waals surface area contributed by atoms with Crippen molar-refractivity contribution >= 4 is 32.6 Å². The minimum atomic E-state index is 1.03. The van der Waals surface area contributed by atoms with Gasteiger partial charge in [-0.25, -0.2) is 0 Å². The fourth-order valence-electron chi connectivity index (χ4n) is 4.79. The van der Waals surface area contributed by atoms with Crippen molar-refractivity contribution in [3.63, 3.8) is 0 Å². The molecule has 5 aromatic rings. The van der Waals surface area contributed by atoms with Gasteiger partial charge in [-0.1, -0.05) is 66.7 Å². The van der Waals surface area contributed by atoms with Crippen LogP contribution in [-0.4, -0.2) is 4.57 Å². The van der Waals surface area contributed by atoms with Crippen molar-refractivity contribution in [2.75, 3.05) is 0 Å². The highest BCUT2D eigenvalue weighted by atomic mass is 14.9. The van der Waals surface area contributed by atoms with E-state index in [1.807, 2.05) is 0 Å². The van der Waals surface area contributed by atoms with E-state index in [0.717, 1.165) is 6.42 Å². The molecule has 0 aliphatic heterocycles. The van der Waals surface area contributed by atoms with Crippen molar-refractivity contribution < 1.29 is 0 Å². The third-order valence-electron chi connectivity index (χ3n) is 5.82. The van der Waals surface area contributed by atoms with E-state index in [1.165, 1.54) is 54.8 Å². The van der Waals surface area contributed by atoms with Crippen LogP contribution >= 0.6 is 0 Å². The molecule has 118 valence electrons. The van der Waals surface area contributed by atoms with Gasteiger partial charge in [-0.2, -0.15) is 0 Å². The molecule has 1 aromatic heterocycles. The number of aromatic nitrogens is 1. The molecule has 0 bridgehead atoms. The molecule has 0 fully saturated rings. The molecule has 0 unspecified atom stereocenters. The highest BCUT2D eigenvalue weighted by Gasteiger charge is 2.26. The molecule has 0 saturated carbocycles. The van der Waals surface area contributed by atoms with Gasteiger partial charge in [0.2, 0.25) is 0 Å². The van der Waals surface area contributed by atoms with Gasteiger partial charge in [0.15, 0.2) is 0 Å². The Kier molecular flexibility index (Phi) is 2.39. The van der Waals surface area contributed by atoms with Gasteiger partial charge in [0.05, 0.1) is 5.52 Å². The first kappa shape index (κ1) is 13.3. The largest absolute Gasteiger partial charge is 0.343 e. The van der Waals surface area contributed by atoms with Gasteiger partial charge < -0.3 is 4.57 Å². The Labute approximate surface area is 146 Å². The Morgan fingerprint density at radius 1 is 0.720 bits per heavy atom. The van der Waals surface area contributed by atoms with E-state index in [4.69, 9.17) is 0 Å². The van der Waals surface area contributed by atoms with E-state index in [1.54, 1.807) is 0 Å². The summed E-state index contributed by atoms with van der Waals surface area (Å²) in [6.07, 6.45) is 1.03. The lowest BCUT2D eigenvalue weighted by molar-refractivity contribution is 1.02. The topological polar surface area (TPSA) is 4.93 Å². The maximum atomic E-state index is 2.37. The number of rotatable bonds is 0. The molecular formula is C24H17N. The second-order valence-electron chi connectivity index (χ2n) is 7.03. The molecule has 0 radical (unpaired) electrons. The molecule has 1 nitrogen and oxygen atoms in total.